The summed E-state index contributed by atoms with van der Waals surface area (Å²) in [6.07, 6.45) is 6.12. The number of nitrogens with one attached hydrogen (secondary N) is 2. The molecule has 0 heterocycles. The van der Waals surface area contributed by atoms with Crippen LogP contribution in [0.25, 0.3) is 0 Å². The highest BCUT2D eigenvalue weighted by atomic mass is 32.1. The molecule has 1 rings (SSSR count). The molecule has 0 saturated heterocycles. The van der Waals surface area contributed by atoms with Gasteiger partial charge in [-0.2, -0.15) is 0 Å². The summed E-state index contributed by atoms with van der Waals surface area (Å²) >= 11 is 5.15. The molecule has 2 amide bonds. The molecule has 0 bridgehead atoms. The van der Waals surface area contributed by atoms with Gasteiger partial charge in [0.2, 0.25) is 11.8 Å². The molecule has 0 fully saturated rings. The van der Waals surface area contributed by atoms with Crippen molar-refractivity contribution in [3.8, 4) is 0 Å². The average Bonchev–Trinajstić information content (AvgIpc) is 2.57. The molecule has 1 atom stereocenters. The van der Waals surface area contributed by atoms with Crippen LogP contribution in [0.4, 0.5) is 4.39 Å². The molecule has 0 saturated carbocycles. The Morgan fingerprint density at radius 3 is 2.37 bits per heavy atom. The predicted molar refractivity (Wildman–Crippen MR) is 108 cm³/mol. The highest BCUT2D eigenvalue weighted by Crippen LogP contribution is 2.15. The van der Waals surface area contributed by atoms with Gasteiger partial charge < -0.3 is 22.1 Å². The van der Waals surface area contributed by atoms with Crippen molar-refractivity contribution >= 4 is 29.1 Å². The van der Waals surface area contributed by atoms with Crippen LogP contribution in [0.2, 0.25) is 0 Å². The maximum atomic E-state index is 13.0. The number of halogens is 1. The fourth-order valence-electron chi connectivity index (χ4n) is 2.24. The van der Waals surface area contributed by atoms with Crippen LogP contribution in [0, 0.1) is 5.82 Å². The van der Waals surface area contributed by atoms with Gasteiger partial charge in [-0.1, -0.05) is 35.9 Å². The first-order valence-electron chi connectivity index (χ1n) is 8.38. The van der Waals surface area contributed by atoms with E-state index in [1.165, 1.54) is 12.1 Å². The van der Waals surface area contributed by atoms with Crippen molar-refractivity contribution in [1.29, 1.82) is 0 Å². The minimum absolute atomic E-state index is 0.0778. The zero-order chi connectivity index (χ0) is 20.4. The molecule has 27 heavy (non-hydrogen) atoms. The lowest BCUT2D eigenvalue weighted by Gasteiger charge is -2.28. The van der Waals surface area contributed by atoms with Crippen molar-refractivity contribution in [3.63, 3.8) is 0 Å². The van der Waals surface area contributed by atoms with E-state index in [1.54, 1.807) is 31.2 Å². The zero-order valence-electron chi connectivity index (χ0n) is 15.4. The molecule has 1 aromatic rings. The van der Waals surface area contributed by atoms with Crippen LogP contribution < -0.4 is 22.1 Å². The second kappa shape index (κ2) is 10.5. The fourth-order valence-corrected chi connectivity index (χ4v) is 2.56. The van der Waals surface area contributed by atoms with Crippen LogP contribution in [0.15, 0.2) is 48.1 Å². The third-order valence-electron chi connectivity index (χ3n) is 3.73. The Hall–Kier alpha value is -2.58. The van der Waals surface area contributed by atoms with Gasteiger partial charge in [0.05, 0.1) is 0 Å². The zero-order valence-corrected chi connectivity index (χ0v) is 16.2. The monoisotopic (exact) mass is 392 g/mol. The standard InChI is InChI=1S/C19H25FN4O2S/c1-3-13(6-4-5-7-16(21)25)12-17(26)23-18(27)24-19(2,22)14-8-10-15(20)11-9-14/h3-5,8-11H,6-7,12,22H2,1-2H3,(H2,21,25)(H2,23,24,26,27)/b5-4-,13-3+/t19-/m0/s1. The van der Waals surface area contributed by atoms with E-state index in [2.05, 4.69) is 10.6 Å². The van der Waals surface area contributed by atoms with Gasteiger partial charge in [-0.3, -0.25) is 9.59 Å². The number of hydrogen-bond donors (Lipinski definition) is 4. The van der Waals surface area contributed by atoms with Crippen LogP contribution >= 0.6 is 12.2 Å². The first-order valence-corrected chi connectivity index (χ1v) is 8.79. The summed E-state index contributed by atoms with van der Waals surface area (Å²) in [7, 11) is 0. The van der Waals surface area contributed by atoms with Crippen molar-refractivity contribution in [2.45, 2.75) is 38.8 Å². The lowest BCUT2D eigenvalue weighted by molar-refractivity contribution is -0.119. The number of carbonyl (C=O) groups excluding carboxylic acids is 2. The Morgan fingerprint density at radius 1 is 1.22 bits per heavy atom. The molecule has 1 aromatic carbocycles. The lowest BCUT2D eigenvalue weighted by atomic mass is 10.0. The van der Waals surface area contributed by atoms with Crippen molar-refractivity contribution in [3.05, 3.63) is 59.4 Å². The molecule has 0 aliphatic heterocycles. The number of nitrogens with two attached hydrogens (primary N) is 2. The summed E-state index contributed by atoms with van der Waals surface area (Å²) in [4.78, 5) is 22.9. The quantitative estimate of drug-likeness (QED) is 0.308. The van der Waals surface area contributed by atoms with E-state index < -0.39 is 11.6 Å². The summed E-state index contributed by atoms with van der Waals surface area (Å²) in [6.45, 7) is 3.49. The van der Waals surface area contributed by atoms with E-state index in [4.69, 9.17) is 23.7 Å². The summed E-state index contributed by atoms with van der Waals surface area (Å²) in [5.41, 5.74) is 11.6. The fraction of sp³-hybridized carbons (Fsp3) is 0.316. The Morgan fingerprint density at radius 2 is 1.81 bits per heavy atom. The highest BCUT2D eigenvalue weighted by Gasteiger charge is 2.22. The molecule has 0 spiro atoms. The lowest BCUT2D eigenvalue weighted by Crippen LogP contribution is -2.54. The third kappa shape index (κ3) is 8.57. The molecule has 0 unspecified atom stereocenters. The molecule has 146 valence electrons. The van der Waals surface area contributed by atoms with E-state index in [9.17, 15) is 14.0 Å². The molecule has 0 aliphatic rings. The maximum absolute atomic E-state index is 13.0. The van der Waals surface area contributed by atoms with E-state index >= 15 is 0 Å². The number of thiocarbonyl (C=S) groups is 1. The van der Waals surface area contributed by atoms with E-state index in [-0.39, 0.29) is 29.7 Å². The minimum Gasteiger partial charge on any atom is -0.369 e. The Labute approximate surface area is 163 Å². The van der Waals surface area contributed by atoms with Gasteiger partial charge >= 0.3 is 0 Å². The van der Waals surface area contributed by atoms with Gasteiger partial charge in [0.25, 0.3) is 0 Å². The van der Waals surface area contributed by atoms with Crippen LogP contribution in [0.3, 0.4) is 0 Å². The van der Waals surface area contributed by atoms with Crippen molar-refractivity contribution < 1.29 is 14.0 Å². The second-order valence-corrected chi connectivity index (χ2v) is 6.59. The topological polar surface area (TPSA) is 110 Å². The molecule has 8 heteroatoms. The number of amides is 2. The first-order chi connectivity index (χ1) is 12.6. The second-order valence-electron chi connectivity index (χ2n) is 6.18. The van der Waals surface area contributed by atoms with Crippen molar-refractivity contribution in [2.75, 3.05) is 0 Å². The number of carbonyl (C=O) groups is 2. The normalized spacial score (nSPS) is 13.9. The number of primary amides is 1. The average molecular weight is 393 g/mol. The number of rotatable bonds is 8. The molecule has 0 aromatic heterocycles. The van der Waals surface area contributed by atoms with Gasteiger partial charge in [-0.15, -0.1) is 0 Å². The van der Waals surface area contributed by atoms with E-state index in [0.717, 1.165) is 5.57 Å². The van der Waals surface area contributed by atoms with E-state index in [0.29, 0.717) is 12.0 Å². The summed E-state index contributed by atoms with van der Waals surface area (Å²) < 4.78 is 13.0. The molecular formula is C19H25FN4O2S. The first kappa shape index (κ1) is 22.5. The Balaban J connectivity index is 2.55. The Bertz CT molecular complexity index is 743. The van der Waals surface area contributed by atoms with Crippen LogP contribution in [-0.4, -0.2) is 16.9 Å². The van der Waals surface area contributed by atoms with Gasteiger partial charge in [0.1, 0.15) is 11.5 Å². The number of hydrogen-bond acceptors (Lipinski definition) is 4. The summed E-state index contributed by atoms with van der Waals surface area (Å²) in [5.74, 6) is -1.07. The van der Waals surface area contributed by atoms with Crippen molar-refractivity contribution in [2.24, 2.45) is 11.5 Å². The minimum atomic E-state index is -1.07. The van der Waals surface area contributed by atoms with Crippen LogP contribution in [0.5, 0.6) is 0 Å². The van der Waals surface area contributed by atoms with Gasteiger partial charge in [-0.05, 0) is 50.2 Å². The van der Waals surface area contributed by atoms with Crippen LogP contribution in [0.1, 0.15) is 38.7 Å². The van der Waals surface area contributed by atoms with Gasteiger partial charge in [0, 0.05) is 12.8 Å². The predicted octanol–water partition coefficient (Wildman–Crippen LogP) is 2.11. The summed E-state index contributed by atoms with van der Waals surface area (Å²) in [5, 5.41) is 5.51. The smallest absolute Gasteiger partial charge is 0.230 e. The maximum Gasteiger partial charge on any atom is 0.230 e. The third-order valence-corrected chi connectivity index (χ3v) is 3.94. The summed E-state index contributed by atoms with van der Waals surface area (Å²) in [6, 6.07) is 5.69. The molecule has 0 aliphatic carbocycles. The molecular weight excluding hydrogens is 367 g/mol. The van der Waals surface area contributed by atoms with Gasteiger partial charge in [-0.25, -0.2) is 4.39 Å². The molecule has 6 nitrogen and oxygen atoms in total. The van der Waals surface area contributed by atoms with E-state index in [1.807, 2.05) is 13.0 Å². The van der Waals surface area contributed by atoms with Gasteiger partial charge in [0.15, 0.2) is 5.11 Å². The number of benzene rings is 1. The number of allylic oxidation sites excluding steroid dienone is 2. The molecule has 0 radical (unpaired) electrons. The highest BCUT2D eigenvalue weighted by molar-refractivity contribution is 7.80. The SMILES string of the molecule is C/C=C(\C/C=C\CC(N)=O)CC(=O)NC(=S)N[C@](C)(N)c1ccc(F)cc1. The Kier molecular flexibility index (Phi) is 8.77. The van der Waals surface area contributed by atoms with Crippen molar-refractivity contribution in [1.82, 2.24) is 10.6 Å². The molecule has 6 N–H and O–H groups in total. The largest absolute Gasteiger partial charge is 0.369 e. The van der Waals surface area contributed by atoms with Crippen LogP contribution in [-0.2, 0) is 15.3 Å².